The van der Waals surface area contributed by atoms with Gasteiger partial charge in [-0.1, -0.05) is 139 Å². The zero-order chi connectivity index (χ0) is 28.6. The van der Waals surface area contributed by atoms with Crippen LogP contribution in [0.1, 0.15) is 70.2 Å². The highest BCUT2D eigenvalue weighted by atomic mass is 14.4. The lowest BCUT2D eigenvalue weighted by molar-refractivity contribution is 0.689. The maximum absolute atomic E-state index is 5.57. The second kappa shape index (κ2) is 10.8. The average Bonchev–Trinajstić information content (AvgIpc) is 3.52. The van der Waals surface area contributed by atoms with Gasteiger partial charge in [0.2, 0.25) is 0 Å². The van der Waals surface area contributed by atoms with E-state index in [1.165, 1.54) is 61.2 Å². The first-order valence-electron chi connectivity index (χ1n) is 14.5. The molecule has 0 aliphatic heterocycles. The molecule has 0 bridgehead atoms. The quantitative estimate of drug-likeness (QED) is 0.101. The molecule has 0 spiro atoms. The fourth-order valence-electron chi connectivity index (χ4n) is 7.06. The monoisotopic (exact) mass is 528 g/mol. The lowest BCUT2D eigenvalue weighted by atomic mass is 9.69. The summed E-state index contributed by atoms with van der Waals surface area (Å²) in [7, 11) is 0. The highest BCUT2D eigenvalue weighted by Crippen LogP contribution is 2.48. The zero-order valence-electron chi connectivity index (χ0n) is 24.0. The van der Waals surface area contributed by atoms with E-state index >= 15 is 0 Å². The van der Waals surface area contributed by atoms with Crippen LogP contribution in [0.4, 0.5) is 0 Å². The molecule has 200 valence electrons. The molecular weight excluding hydrogens is 492 g/mol. The van der Waals surface area contributed by atoms with Crippen molar-refractivity contribution < 1.29 is 0 Å². The molecule has 0 nitrogen and oxygen atoms in total. The number of hydrogen-bond donors (Lipinski definition) is 0. The summed E-state index contributed by atoms with van der Waals surface area (Å²) in [5.74, 6) is 3.02. The van der Waals surface area contributed by atoms with E-state index in [0.29, 0.717) is 0 Å². The summed E-state index contributed by atoms with van der Waals surface area (Å²) in [5.41, 5.74) is 13.9. The van der Waals surface area contributed by atoms with E-state index in [4.69, 9.17) is 6.42 Å². The van der Waals surface area contributed by atoms with E-state index in [1.54, 1.807) is 6.08 Å². The van der Waals surface area contributed by atoms with Crippen LogP contribution in [0.5, 0.6) is 0 Å². The van der Waals surface area contributed by atoms with Crippen LogP contribution < -0.4 is 0 Å². The Hall–Kier alpha value is -4.60. The molecule has 41 heavy (non-hydrogen) atoms. The van der Waals surface area contributed by atoms with E-state index in [2.05, 4.69) is 142 Å². The molecule has 0 N–H and O–H groups in total. The Balaban J connectivity index is 1.52. The Kier molecular flexibility index (Phi) is 6.98. The summed E-state index contributed by atoms with van der Waals surface area (Å²) < 4.78 is 0. The highest BCUT2D eigenvalue weighted by Gasteiger charge is 2.36. The second-order valence-corrected chi connectivity index (χ2v) is 11.6. The molecule has 3 unspecified atom stereocenters. The summed E-state index contributed by atoms with van der Waals surface area (Å²) in [5, 5.41) is 0. The Morgan fingerprint density at radius 3 is 2.00 bits per heavy atom. The largest absolute Gasteiger partial charge is 0.115 e. The van der Waals surface area contributed by atoms with Gasteiger partial charge in [0, 0.05) is 17.3 Å². The van der Waals surface area contributed by atoms with Gasteiger partial charge in [-0.2, -0.15) is 0 Å². The number of benzene rings is 4. The predicted octanol–water partition coefficient (Wildman–Crippen LogP) is 9.62. The van der Waals surface area contributed by atoms with Gasteiger partial charge in [0.15, 0.2) is 0 Å². The van der Waals surface area contributed by atoms with Crippen molar-refractivity contribution in [2.75, 3.05) is 0 Å². The maximum Gasteiger partial charge on any atom is 0.0423 e. The number of rotatable bonds is 6. The minimum Gasteiger partial charge on any atom is -0.115 e. The Labute approximate surface area is 245 Å². The summed E-state index contributed by atoms with van der Waals surface area (Å²) in [6.45, 7) is 13.4. The van der Waals surface area contributed by atoms with E-state index in [0.717, 1.165) is 12.8 Å². The van der Waals surface area contributed by atoms with Crippen LogP contribution in [-0.4, -0.2) is 0 Å². The number of allylic oxidation sites excluding steroid dienone is 6. The molecule has 0 radical (unpaired) electrons. The van der Waals surface area contributed by atoms with E-state index < -0.39 is 0 Å². The molecule has 0 amide bonds. The van der Waals surface area contributed by atoms with Crippen molar-refractivity contribution in [3.8, 4) is 12.3 Å². The van der Waals surface area contributed by atoms with Gasteiger partial charge < -0.3 is 0 Å². The third-order valence-electron chi connectivity index (χ3n) is 9.24. The molecule has 0 heterocycles. The van der Waals surface area contributed by atoms with Crippen molar-refractivity contribution in [3.05, 3.63) is 190 Å². The van der Waals surface area contributed by atoms with Crippen LogP contribution in [0.15, 0.2) is 145 Å². The van der Waals surface area contributed by atoms with Gasteiger partial charge in [0.1, 0.15) is 0 Å². The van der Waals surface area contributed by atoms with Crippen molar-refractivity contribution in [2.24, 2.45) is 0 Å². The van der Waals surface area contributed by atoms with E-state index in [-0.39, 0.29) is 17.3 Å². The average molecular weight is 529 g/mol. The van der Waals surface area contributed by atoms with Crippen LogP contribution in [0, 0.1) is 12.3 Å². The van der Waals surface area contributed by atoms with Crippen LogP contribution in [0.3, 0.4) is 0 Å². The first kappa shape index (κ1) is 26.6. The molecule has 2 aliphatic carbocycles. The molecule has 4 aromatic rings. The van der Waals surface area contributed by atoms with Crippen LogP contribution in [-0.2, 0) is 18.3 Å². The Morgan fingerprint density at radius 2 is 1.37 bits per heavy atom. The normalized spacial score (nSPS) is 19.6. The molecule has 0 heteroatoms. The Morgan fingerprint density at radius 1 is 0.780 bits per heavy atom. The molecule has 3 atom stereocenters. The van der Waals surface area contributed by atoms with Crippen molar-refractivity contribution in [1.29, 1.82) is 0 Å². The summed E-state index contributed by atoms with van der Waals surface area (Å²) in [6, 6.07) is 35.9. The summed E-state index contributed by atoms with van der Waals surface area (Å²) >= 11 is 0. The third kappa shape index (κ3) is 4.53. The summed E-state index contributed by atoms with van der Waals surface area (Å²) in [4.78, 5) is 0. The van der Waals surface area contributed by atoms with Gasteiger partial charge in [-0.05, 0) is 82.8 Å². The fraction of sp³-hybridized carbons (Fsp3) is 0.171. The van der Waals surface area contributed by atoms with Crippen LogP contribution >= 0.6 is 0 Å². The SMILES string of the molecule is C#C/C=C\C(=C/C)C1C(=C)Cc2ccc(C(C)(c3ccccc3)c3ccc4c(c3)C(c3ccccc3)C(=C)C4)cc21. The van der Waals surface area contributed by atoms with Gasteiger partial charge >= 0.3 is 0 Å². The van der Waals surface area contributed by atoms with Gasteiger partial charge in [-0.3, -0.25) is 0 Å². The first-order chi connectivity index (χ1) is 20.0. The van der Waals surface area contributed by atoms with Crippen molar-refractivity contribution in [2.45, 2.75) is 43.9 Å². The Bertz CT molecular complexity index is 1740. The smallest absolute Gasteiger partial charge is 0.0423 e. The van der Waals surface area contributed by atoms with Crippen LogP contribution in [0.25, 0.3) is 0 Å². The van der Waals surface area contributed by atoms with E-state index in [1.807, 2.05) is 0 Å². The maximum atomic E-state index is 5.57. The molecule has 4 aromatic carbocycles. The van der Waals surface area contributed by atoms with Crippen molar-refractivity contribution in [1.82, 2.24) is 0 Å². The lowest BCUT2D eigenvalue weighted by Gasteiger charge is -2.33. The highest BCUT2D eigenvalue weighted by molar-refractivity contribution is 5.60. The number of fused-ring (bicyclic) bond motifs is 2. The number of hydrogen-bond acceptors (Lipinski definition) is 0. The standard InChI is InChI=1S/C41H36/c1-6-8-15-30(7-2)39-28(3)24-32-20-22-35(26-37(32)39)41(5,34-18-13-10-14-19-34)36-23-21-33-25-29(4)40(38(33)27-36)31-16-11-9-12-17-31/h1,7-23,26-27,39-40H,3-4,24-25H2,2,5H3/b15-8-,30-7+. The van der Waals surface area contributed by atoms with Gasteiger partial charge in [0.25, 0.3) is 0 Å². The molecular formula is C41H36. The minimum atomic E-state index is -0.351. The molecule has 0 saturated heterocycles. The van der Waals surface area contributed by atoms with Crippen LogP contribution in [0.2, 0.25) is 0 Å². The predicted molar refractivity (Wildman–Crippen MR) is 173 cm³/mol. The minimum absolute atomic E-state index is 0.144. The molecule has 2 aliphatic rings. The molecule has 0 fully saturated rings. The lowest BCUT2D eigenvalue weighted by Crippen LogP contribution is -2.26. The zero-order valence-corrected chi connectivity index (χ0v) is 24.0. The first-order valence-corrected chi connectivity index (χ1v) is 14.5. The van der Waals surface area contributed by atoms with E-state index in [9.17, 15) is 0 Å². The fourth-order valence-corrected chi connectivity index (χ4v) is 7.06. The third-order valence-corrected chi connectivity index (χ3v) is 9.24. The van der Waals surface area contributed by atoms with Gasteiger partial charge in [0.05, 0.1) is 0 Å². The topological polar surface area (TPSA) is 0 Å². The van der Waals surface area contributed by atoms with Crippen molar-refractivity contribution >= 4 is 0 Å². The van der Waals surface area contributed by atoms with Crippen molar-refractivity contribution in [3.63, 3.8) is 0 Å². The number of terminal acetylenes is 1. The molecule has 6 rings (SSSR count). The van der Waals surface area contributed by atoms with Gasteiger partial charge in [-0.25, -0.2) is 0 Å². The summed E-state index contributed by atoms with van der Waals surface area (Å²) in [6.07, 6.45) is 13.4. The molecule has 0 aromatic heterocycles. The van der Waals surface area contributed by atoms with Gasteiger partial charge in [-0.15, -0.1) is 6.42 Å². The molecule has 0 saturated carbocycles. The second-order valence-electron chi connectivity index (χ2n) is 11.6.